The summed E-state index contributed by atoms with van der Waals surface area (Å²) in [5.74, 6) is 0.295. The molecular weight excluding hydrogens is 426 g/mol. The van der Waals surface area contributed by atoms with Crippen LogP contribution in [0.4, 0.5) is 11.4 Å². The summed E-state index contributed by atoms with van der Waals surface area (Å²) in [5, 5.41) is 12.2. The second kappa shape index (κ2) is 9.13. The van der Waals surface area contributed by atoms with Gasteiger partial charge in [-0.05, 0) is 66.1 Å². The van der Waals surface area contributed by atoms with Crippen LogP contribution in [0.15, 0.2) is 60.7 Å². The molecule has 7 heteroatoms. The van der Waals surface area contributed by atoms with E-state index in [0.717, 1.165) is 16.8 Å². The van der Waals surface area contributed by atoms with Crippen LogP contribution < -0.4 is 15.0 Å². The van der Waals surface area contributed by atoms with Crippen molar-refractivity contribution in [3.05, 3.63) is 87.9 Å². The number of amides is 2. The predicted molar refractivity (Wildman–Crippen MR) is 123 cm³/mol. The number of carbonyl (C=O) groups excluding carboxylic acids is 2. The smallest absolute Gasteiger partial charge is 0.255 e. The number of hydrogen-bond donors (Lipinski definition) is 1. The summed E-state index contributed by atoms with van der Waals surface area (Å²) in [6.07, 6.45) is 1.06. The first-order valence-electron chi connectivity index (χ1n) is 10.1. The van der Waals surface area contributed by atoms with Crippen molar-refractivity contribution in [2.75, 3.05) is 17.3 Å². The van der Waals surface area contributed by atoms with Gasteiger partial charge in [0.1, 0.15) is 12.4 Å². The zero-order chi connectivity index (χ0) is 22.7. The first kappa shape index (κ1) is 21.4. The normalized spacial score (nSPS) is 12.7. The Bertz CT molecular complexity index is 1250. The van der Waals surface area contributed by atoms with Crippen molar-refractivity contribution in [3.63, 3.8) is 0 Å². The molecule has 1 N–H and O–H groups in total. The molecule has 1 aliphatic heterocycles. The lowest BCUT2D eigenvalue weighted by Gasteiger charge is -2.26. The number of anilines is 2. The summed E-state index contributed by atoms with van der Waals surface area (Å²) in [5.41, 5.74) is 4.29. The predicted octanol–water partition coefficient (Wildman–Crippen LogP) is 4.95. The molecule has 4 rings (SSSR count). The van der Waals surface area contributed by atoms with Gasteiger partial charge in [-0.25, -0.2) is 0 Å². The zero-order valence-corrected chi connectivity index (χ0v) is 18.1. The number of nitrogens with zero attached hydrogens (tertiary/aromatic N) is 2. The lowest BCUT2D eigenvalue weighted by Crippen LogP contribution is -2.31. The Morgan fingerprint density at radius 2 is 2.00 bits per heavy atom. The molecule has 0 radical (unpaired) electrons. The summed E-state index contributed by atoms with van der Waals surface area (Å²) < 4.78 is 5.76. The summed E-state index contributed by atoms with van der Waals surface area (Å²) in [7, 11) is 1.74. The molecule has 3 aromatic rings. The minimum Gasteiger partial charge on any atom is -0.487 e. The zero-order valence-electron chi connectivity index (χ0n) is 17.4. The number of benzene rings is 3. The maximum atomic E-state index is 12.7. The van der Waals surface area contributed by atoms with Crippen molar-refractivity contribution in [1.82, 2.24) is 0 Å². The van der Waals surface area contributed by atoms with E-state index in [2.05, 4.69) is 11.4 Å². The van der Waals surface area contributed by atoms with Crippen LogP contribution in [0.5, 0.6) is 5.75 Å². The first-order valence-corrected chi connectivity index (χ1v) is 10.4. The van der Waals surface area contributed by atoms with E-state index >= 15 is 0 Å². The molecule has 3 aromatic carbocycles. The molecule has 0 unspecified atom stereocenters. The third-order valence-corrected chi connectivity index (χ3v) is 5.62. The number of ether oxygens (including phenoxy) is 1. The minimum atomic E-state index is -0.259. The molecule has 0 saturated carbocycles. The van der Waals surface area contributed by atoms with Crippen molar-refractivity contribution in [2.24, 2.45) is 0 Å². The van der Waals surface area contributed by atoms with Gasteiger partial charge < -0.3 is 15.0 Å². The Labute approximate surface area is 191 Å². The van der Waals surface area contributed by atoms with Crippen LogP contribution in [-0.4, -0.2) is 18.9 Å². The highest BCUT2D eigenvalue weighted by molar-refractivity contribution is 6.32. The summed E-state index contributed by atoms with van der Waals surface area (Å²) in [6.45, 7) is 0.271. The maximum Gasteiger partial charge on any atom is 0.255 e. The van der Waals surface area contributed by atoms with Gasteiger partial charge in [0.15, 0.2) is 0 Å². The van der Waals surface area contributed by atoms with Crippen LogP contribution in [0.25, 0.3) is 0 Å². The monoisotopic (exact) mass is 445 g/mol. The van der Waals surface area contributed by atoms with Crippen LogP contribution >= 0.6 is 11.6 Å². The van der Waals surface area contributed by atoms with Crippen molar-refractivity contribution < 1.29 is 14.3 Å². The summed E-state index contributed by atoms with van der Waals surface area (Å²) in [4.78, 5) is 26.2. The van der Waals surface area contributed by atoms with Crippen molar-refractivity contribution in [2.45, 2.75) is 19.4 Å². The van der Waals surface area contributed by atoms with E-state index in [1.165, 1.54) is 0 Å². The van der Waals surface area contributed by atoms with E-state index < -0.39 is 0 Å². The molecule has 0 bridgehead atoms. The van der Waals surface area contributed by atoms with E-state index in [1.807, 2.05) is 12.1 Å². The van der Waals surface area contributed by atoms with Gasteiger partial charge in [-0.15, -0.1) is 0 Å². The molecule has 0 aromatic heterocycles. The Balaban J connectivity index is 1.43. The van der Waals surface area contributed by atoms with Crippen molar-refractivity contribution >= 4 is 34.8 Å². The average molecular weight is 446 g/mol. The first-order chi connectivity index (χ1) is 15.4. The topological polar surface area (TPSA) is 82.4 Å². The summed E-state index contributed by atoms with van der Waals surface area (Å²) >= 11 is 6.34. The molecule has 0 fully saturated rings. The summed E-state index contributed by atoms with van der Waals surface area (Å²) in [6, 6.07) is 19.6. The Hall–Kier alpha value is -3.82. The fourth-order valence-corrected chi connectivity index (χ4v) is 3.82. The molecule has 1 aliphatic rings. The molecule has 160 valence electrons. The van der Waals surface area contributed by atoms with Crippen molar-refractivity contribution in [1.29, 1.82) is 5.26 Å². The van der Waals surface area contributed by atoms with Gasteiger partial charge in [0.25, 0.3) is 5.91 Å². The SMILES string of the molecule is CN1C(=O)CCc2cc(C(=O)Nc3ccc(OCc4cccc(C#N)c4)c(Cl)c3)ccc21. The van der Waals surface area contributed by atoms with E-state index in [1.54, 1.807) is 60.5 Å². The molecular formula is C25H20ClN3O3. The lowest BCUT2D eigenvalue weighted by atomic mass is 9.99. The third kappa shape index (κ3) is 4.58. The number of fused-ring (bicyclic) bond motifs is 1. The van der Waals surface area contributed by atoms with E-state index in [4.69, 9.17) is 21.6 Å². The lowest BCUT2D eigenvalue weighted by molar-refractivity contribution is -0.118. The van der Waals surface area contributed by atoms with Gasteiger partial charge in [-0.2, -0.15) is 5.26 Å². The molecule has 0 aliphatic carbocycles. The van der Waals surface area contributed by atoms with E-state index in [0.29, 0.717) is 40.4 Å². The number of rotatable bonds is 5. The van der Waals surface area contributed by atoms with Crippen LogP contribution in [0, 0.1) is 11.3 Å². The highest BCUT2D eigenvalue weighted by atomic mass is 35.5. The van der Waals surface area contributed by atoms with Crippen LogP contribution in [0.1, 0.15) is 33.5 Å². The van der Waals surface area contributed by atoms with Crippen molar-refractivity contribution in [3.8, 4) is 11.8 Å². The largest absolute Gasteiger partial charge is 0.487 e. The average Bonchev–Trinajstić information content (AvgIpc) is 2.81. The highest BCUT2D eigenvalue weighted by Gasteiger charge is 2.22. The number of nitrogens with one attached hydrogen (secondary N) is 1. The maximum absolute atomic E-state index is 12.7. The van der Waals surface area contributed by atoms with Gasteiger partial charge in [0.2, 0.25) is 5.91 Å². The Kier molecular flexibility index (Phi) is 6.11. The molecule has 0 spiro atoms. The molecule has 32 heavy (non-hydrogen) atoms. The Morgan fingerprint density at radius 1 is 1.16 bits per heavy atom. The molecule has 0 atom stereocenters. The second-order valence-electron chi connectivity index (χ2n) is 7.50. The van der Waals surface area contributed by atoms with Gasteiger partial charge in [0, 0.05) is 30.4 Å². The minimum absolute atomic E-state index is 0.0735. The molecule has 1 heterocycles. The fraction of sp³-hybridized carbons (Fsp3) is 0.160. The second-order valence-corrected chi connectivity index (χ2v) is 7.90. The van der Waals surface area contributed by atoms with E-state index in [-0.39, 0.29) is 18.4 Å². The van der Waals surface area contributed by atoms with Gasteiger partial charge >= 0.3 is 0 Å². The number of nitriles is 1. The van der Waals surface area contributed by atoms with Crippen LogP contribution in [-0.2, 0) is 17.8 Å². The fourth-order valence-electron chi connectivity index (χ4n) is 3.59. The quantitative estimate of drug-likeness (QED) is 0.602. The third-order valence-electron chi connectivity index (χ3n) is 5.33. The Morgan fingerprint density at radius 3 is 2.78 bits per heavy atom. The molecule has 6 nitrogen and oxygen atoms in total. The number of hydrogen-bond acceptors (Lipinski definition) is 4. The van der Waals surface area contributed by atoms with Gasteiger partial charge in [-0.1, -0.05) is 23.7 Å². The van der Waals surface area contributed by atoms with E-state index in [9.17, 15) is 9.59 Å². The number of carbonyl (C=O) groups is 2. The molecule has 0 saturated heterocycles. The van der Waals surface area contributed by atoms with Gasteiger partial charge in [-0.3, -0.25) is 9.59 Å². The number of halogens is 1. The van der Waals surface area contributed by atoms with Crippen LogP contribution in [0.3, 0.4) is 0 Å². The highest BCUT2D eigenvalue weighted by Crippen LogP contribution is 2.30. The number of aryl methyl sites for hydroxylation is 1. The standard InChI is InChI=1S/C25H20ClN3O3/c1-29-22-8-5-19(12-18(22)6-10-24(29)30)25(31)28-20-7-9-23(21(26)13-20)32-15-17-4-2-3-16(11-17)14-27/h2-5,7-9,11-13H,6,10,15H2,1H3,(H,28,31). The molecule has 2 amide bonds. The van der Waals surface area contributed by atoms with Crippen LogP contribution in [0.2, 0.25) is 5.02 Å². The van der Waals surface area contributed by atoms with Gasteiger partial charge in [0.05, 0.1) is 16.7 Å².